The summed E-state index contributed by atoms with van der Waals surface area (Å²) in [4.78, 5) is 6.00. The normalized spacial score (nSPS) is 15.4. The highest BCUT2D eigenvalue weighted by atomic mass is 16.5. The van der Waals surface area contributed by atoms with Gasteiger partial charge in [-0.1, -0.05) is 19.1 Å². The molecule has 0 spiro atoms. The number of hydrogen-bond acceptors (Lipinski definition) is 6. The summed E-state index contributed by atoms with van der Waals surface area (Å²) in [5, 5.41) is 18.3. The van der Waals surface area contributed by atoms with Gasteiger partial charge in [0.25, 0.3) is 0 Å². The van der Waals surface area contributed by atoms with Crippen molar-refractivity contribution in [3.8, 4) is 17.5 Å². The van der Waals surface area contributed by atoms with Crippen LogP contribution < -0.4 is 9.64 Å². The molecular weight excluding hydrogens is 292 g/mol. The van der Waals surface area contributed by atoms with Crippen LogP contribution in [0.25, 0.3) is 5.69 Å². The molecule has 7 heteroatoms. The molecule has 2 heterocycles. The third-order valence-corrected chi connectivity index (χ3v) is 4.12. The highest BCUT2D eigenvalue weighted by molar-refractivity contribution is 5.52. The molecule has 0 unspecified atom stereocenters. The zero-order valence-electron chi connectivity index (χ0n) is 13.4. The van der Waals surface area contributed by atoms with Crippen molar-refractivity contribution < 1.29 is 4.74 Å². The molecule has 2 aromatic rings. The van der Waals surface area contributed by atoms with Gasteiger partial charge in [-0.05, 0) is 18.7 Å². The molecule has 0 atom stereocenters. The fourth-order valence-corrected chi connectivity index (χ4v) is 2.76. The fraction of sp³-hybridized carbons (Fsp3) is 0.438. The summed E-state index contributed by atoms with van der Waals surface area (Å²) in [5.41, 5.74) is 1.07. The van der Waals surface area contributed by atoms with Gasteiger partial charge in [0.1, 0.15) is 17.5 Å². The van der Waals surface area contributed by atoms with Crippen molar-refractivity contribution in [1.29, 1.82) is 5.26 Å². The number of nitrogens with zero attached hydrogens (tertiary/aromatic N) is 6. The predicted octanol–water partition coefficient (Wildman–Crippen LogP) is 1.29. The summed E-state index contributed by atoms with van der Waals surface area (Å²) in [6.07, 6.45) is 0. The second kappa shape index (κ2) is 6.67. The van der Waals surface area contributed by atoms with E-state index in [1.54, 1.807) is 7.11 Å². The van der Waals surface area contributed by atoms with Crippen molar-refractivity contribution in [2.45, 2.75) is 6.92 Å². The minimum atomic E-state index is 0.348. The van der Waals surface area contributed by atoms with Crippen LogP contribution in [0.15, 0.2) is 24.3 Å². The number of methoxy groups -OCH3 is 1. The number of ether oxygens (including phenoxy) is 1. The first-order valence-electron chi connectivity index (χ1n) is 7.75. The number of anilines is 1. The molecule has 0 aliphatic carbocycles. The van der Waals surface area contributed by atoms with Crippen LogP contribution in [0.1, 0.15) is 12.6 Å². The van der Waals surface area contributed by atoms with Gasteiger partial charge >= 0.3 is 0 Å². The lowest BCUT2D eigenvalue weighted by atomic mass is 10.3. The third-order valence-electron chi connectivity index (χ3n) is 4.12. The average Bonchev–Trinajstić information content (AvgIpc) is 3.06. The number of para-hydroxylation sites is 2. The quantitative estimate of drug-likeness (QED) is 0.847. The number of rotatable bonds is 4. The molecule has 23 heavy (non-hydrogen) atoms. The molecule has 0 saturated carbocycles. The molecule has 7 nitrogen and oxygen atoms in total. The van der Waals surface area contributed by atoms with Crippen molar-refractivity contribution in [2.24, 2.45) is 0 Å². The lowest BCUT2D eigenvalue weighted by Gasteiger charge is -2.33. The molecule has 0 bridgehead atoms. The van der Waals surface area contributed by atoms with E-state index in [4.69, 9.17) is 4.74 Å². The molecule has 1 aromatic heterocycles. The van der Waals surface area contributed by atoms with Crippen LogP contribution in [0.3, 0.4) is 0 Å². The fourth-order valence-electron chi connectivity index (χ4n) is 2.76. The number of nitriles is 1. The summed E-state index contributed by atoms with van der Waals surface area (Å²) in [7, 11) is 1.61. The topological polar surface area (TPSA) is 70.2 Å². The lowest BCUT2D eigenvalue weighted by Crippen LogP contribution is -2.46. The zero-order chi connectivity index (χ0) is 16.2. The Labute approximate surface area is 135 Å². The van der Waals surface area contributed by atoms with Gasteiger partial charge < -0.3 is 14.5 Å². The van der Waals surface area contributed by atoms with E-state index in [0.29, 0.717) is 17.3 Å². The standard InChI is InChI=1S/C16H20N6O/c1-3-20-8-10-21(11-9-20)16-13(12-17)18-22(19-16)14-6-4-5-7-15(14)23-2/h4-7H,3,8-11H2,1-2H3. The van der Waals surface area contributed by atoms with Crippen LogP contribution in [0.2, 0.25) is 0 Å². The van der Waals surface area contributed by atoms with E-state index in [-0.39, 0.29) is 0 Å². The highest BCUT2D eigenvalue weighted by Gasteiger charge is 2.23. The van der Waals surface area contributed by atoms with Crippen LogP contribution in [-0.4, -0.2) is 59.7 Å². The van der Waals surface area contributed by atoms with Crippen molar-refractivity contribution in [3.05, 3.63) is 30.0 Å². The van der Waals surface area contributed by atoms with Gasteiger partial charge in [0, 0.05) is 26.2 Å². The van der Waals surface area contributed by atoms with Crippen LogP contribution in [0.4, 0.5) is 5.82 Å². The molecule has 0 N–H and O–H groups in total. The number of likely N-dealkylation sites (N-methyl/N-ethyl adjacent to an activating group) is 1. The number of aromatic nitrogens is 3. The smallest absolute Gasteiger partial charge is 0.207 e. The number of piperazine rings is 1. The van der Waals surface area contributed by atoms with Crippen molar-refractivity contribution in [2.75, 3.05) is 44.7 Å². The largest absolute Gasteiger partial charge is 0.494 e. The monoisotopic (exact) mass is 312 g/mol. The Morgan fingerprint density at radius 2 is 1.91 bits per heavy atom. The van der Waals surface area contributed by atoms with Gasteiger partial charge in [-0.2, -0.15) is 5.26 Å². The molecule has 0 radical (unpaired) electrons. The van der Waals surface area contributed by atoms with Crippen molar-refractivity contribution in [1.82, 2.24) is 19.9 Å². The molecule has 1 aromatic carbocycles. The molecule has 120 valence electrons. The summed E-state index contributed by atoms with van der Waals surface area (Å²) in [6.45, 7) is 6.87. The first-order valence-corrected chi connectivity index (χ1v) is 7.75. The van der Waals surface area contributed by atoms with E-state index >= 15 is 0 Å². The molecule has 1 aliphatic rings. The van der Waals surface area contributed by atoms with Gasteiger partial charge in [0.05, 0.1) is 7.11 Å². The summed E-state index contributed by atoms with van der Waals surface area (Å²) in [6, 6.07) is 9.67. The number of hydrogen-bond donors (Lipinski definition) is 0. The van der Waals surface area contributed by atoms with E-state index in [1.807, 2.05) is 24.3 Å². The van der Waals surface area contributed by atoms with Crippen LogP contribution in [0.5, 0.6) is 5.75 Å². The Morgan fingerprint density at radius 1 is 1.17 bits per heavy atom. The van der Waals surface area contributed by atoms with E-state index in [9.17, 15) is 5.26 Å². The Balaban J connectivity index is 1.91. The first kappa shape index (κ1) is 15.3. The maximum absolute atomic E-state index is 9.40. The second-order valence-electron chi connectivity index (χ2n) is 5.37. The van der Waals surface area contributed by atoms with E-state index < -0.39 is 0 Å². The third kappa shape index (κ3) is 2.98. The number of benzene rings is 1. The van der Waals surface area contributed by atoms with E-state index in [0.717, 1.165) is 38.4 Å². The summed E-state index contributed by atoms with van der Waals surface area (Å²) >= 11 is 0. The Morgan fingerprint density at radius 3 is 2.57 bits per heavy atom. The lowest BCUT2D eigenvalue weighted by molar-refractivity contribution is 0.270. The van der Waals surface area contributed by atoms with Gasteiger partial charge in [0.2, 0.25) is 5.69 Å². The Bertz CT molecular complexity index is 712. The van der Waals surface area contributed by atoms with Crippen LogP contribution in [0, 0.1) is 11.3 Å². The maximum Gasteiger partial charge on any atom is 0.207 e. The minimum absolute atomic E-state index is 0.348. The SMILES string of the molecule is CCN1CCN(c2nn(-c3ccccc3OC)nc2C#N)CC1. The van der Waals surface area contributed by atoms with Gasteiger partial charge in [-0.15, -0.1) is 15.0 Å². The average molecular weight is 312 g/mol. The van der Waals surface area contributed by atoms with Gasteiger partial charge in [-0.25, -0.2) is 0 Å². The van der Waals surface area contributed by atoms with E-state index in [2.05, 4.69) is 33.0 Å². The van der Waals surface area contributed by atoms with Gasteiger partial charge in [0.15, 0.2) is 5.82 Å². The first-order chi connectivity index (χ1) is 11.3. The minimum Gasteiger partial charge on any atom is -0.494 e. The molecule has 0 amide bonds. The van der Waals surface area contributed by atoms with Crippen molar-refractivity contribution >= 4 is 5.82 Å². The Hall–Kier alpha value is -2.59. The second-order valence-corrected chi connectivity index (χ2v) is 5.37. The summed E-state index contributed by atoms with van der Waals surface area (Å²) < 4.78 is 5.35. The van der Waals surface area contributed by atoms with Crippen LogP contribution in [-0.2, 0) is 0 Å². The zero-order valence-corrected chi connectivity index (χ0v) is 13.4. The van der Waals surface area contributed by atoms with Crippen molar-refractivity contribution in [3.63, 3.8) is 0 Å². The van der Waals surface area contributed by atoms with E-state index in [1.165, 1.54) is 4.80 Å². The molecule has 1 saturated heterocycles. The molecule has 1 fully saturated rings. The van der Waals surface area contributed by atoms with Gasteiger partial charge in [-0.3, -0.25) is 0 Å². The predicted molar refractivity (Wildman–Crippen MR) is 87.0 cm³/mol. The molecule has 3 rings (SSSR count). The Kier molecular flexibility index (Phi) is 4.44. The molecular formula is C16H20N6O. The van der Waals surface area contributed by atoms with Crippen LogP contribution >= 0.6 is 0 Å². The maximum atomic E-state index is 9.40. The highest BCUT2D eigenvalue weighted by Crippen LogP contribution is 2.24. The molecule has 1 aliphatic heterocycles. The summed E-state index contributed by atoms with van der Waals surface area (Å²) in [5.74, 6) is 1.32.